The fourth-order valence-corrected chi connectivity index (χ4v) is 1.81. The van der Waals surface area contributed by atoms with Crippen LogP contribution in [0.1, 0.15) is 33.1 Å². The second-order valence-electron chi connectivity index (χ2n) is 4.55. The molecular weight excluding hydrogens is 220 g/mol. The van der Waals surface area contributed by atoms with E-state index in [0.717, 1.165) is 25.9 Å². The van der Waals surface area contributed by atoms with Gasteiger partial charge in [-0.05, 0) is 26.7 Å². The second-order valence-corrected chi connectivity index (χ2v) is 4.55. The molecule has 0 aromatic carbocycles. The molecule has 1 heterocycles. The first kappa shape index (κ1) is 14.0. The molecular formula is C12H22N2O3. The number of esters is 1. The third kappa shape index (κ3) is 5.68. The Bertz CT molecular complexity index is 260. The first-order valence-corrected chi connectivity index (χ1v) is 6.27. The molecule has 1 amide bonds. The van der Waals surface area contributed by atoms with Gasteiger partial charge in [0, 0.05) is 26.1 Å². The van der Waals surface area contributed by atoms with Gasteiger partial charge < -0.3 is 15.0 Å². The summed E-state index contributed by atoms with van der Waals surface area (Å²) < 4.78 is 4.96. The number of rotatable bonds is 6. The molecule has 0 spiro atoms. The molecule has 5 heteroatoms. The van der Waals surface area contributed by atoms with Crippen LogP contribution in [0.2, 0.25) is 0 Å². The molecule has 1 N–H and O–H groups in total. The van der Waals surface area contributed by atoms with Crippen LogP contribution in [-0.2, 0) is 14.3 Å². The van der Waals surface area contributed by atoms with Crippen molar-refractivity contribution in [1.29, 1.82) is 0 Å². The third-order valence-corrected chi connectivity index (χ3v) is 2.61. The van der Waals surface area contributed by atoms with E-state index in [9.17, 15) is 9.59 Å². The lowest BCUT2D eigenvalue weighted by Crippen LogP contribution is -2.33. The maximum absolute atomic E-state index is 11.6. The lowest BCUT2D eigenvalue weighted by molar-refractivity contribution is -0.146. The molecule has 1 aliphatic rings. The van der Waals surface area contributed by atoms with Gasteiger partial charge in [0.15, 0.2) is 0 Å². The Kier molecular flexibility index (Phi) is 5.97. The summed E-state index contributed by atoms with van der Waals surface area (Å²) in [7, 11) is 0. The van der Waals surface area contributed by atoms with Gasteiger partial charge >= 0.3 is 5.97 Å². The maximum Gasteiger partial charge on any atom is 0.320 e. The van der Waals surface area contributed by atoms with Crippen molar-refractivity contribution in [3.63, 3.8) is 0 Å². The van der Waals surface area contributed by atoms with E-state index in [-0.39, 0.29) is 24.5 Å². The van der Waals surface area contributed by atoms with Gasteiger partial charge in [-0.2, -0.15) is 0 Å². The van der Waals surface area contributed by atoms with Gasteiger partial charge in [-0.15, -0.1) is 0 Å². The minimum Gasteiger partial charge on any atom is -0.462 e. The molecule has 0 saturated carbocycles. The highest BCUT2D eigenvalue weighted by Gasteiger charge is 2.17. The van der Waals surface area contributed by atoms with E-state index in [0.29, 0.717) is 13.0 Å². The summed E-state index contributed by atoms with van der Waals surface area (Å²) in [6, 6.07) is 0. The highest BCUT2D eigenvalue weighted by Crippen LogP contribution is 2.08. The lowest BCUT2D eigenvalue weighted by Gasteiger charge is -2.15. The maximum atomic E-state index is 11.6. The lowest BCUT2D eigenvalue weighted by atomic mass is 10.3. The number of nitrogens with one attached hydrogen (secondary N) is 1. The predicted octanol–water partition coefficient (Wildman–Crippen LogP) is 0.540. The van der Waals surface area contributed by atoms with Gasteiger partial charge in [-0.1, -0.05) is 0 Å². The van der Waals surface area contributed by atoms with E-state index in [4.69, 9.17) is 4.74 Å². The van der Waals surface area contributed by atoms with Crippen molar-refractivity contribution in [3.05, 3.63) is 0 Å². The molecule has 0 atom stereocenters. The Balaban J connectivity index is 2.03. The van der Waals surface area contributed by atoms with Crippen LogP contribution >= 0.6 is 0 Å². The molecule has 1 saturated heterocycles. The van der Waals surface area contributed by atoms with Crippen LogP contribution in [0.5, 0.6) is 0 Å². The summed E-state index contributed by atoms with van der Waals surface area (Å²) >= 11 is 0. The minimum atomic E-state index is -0.270. The zero-order valence-electron chi connectivity index (χ0n) is 10.7. The summed E-state index contributed by atoms with van der Waals surface area (Å²) in [6.07, 6.45) is 2.59. The van der Waals surface area contributed by atoms with Gasteiger partial charge in [0.2, 0.25) is 5.91 Å². The SMILES string of the molecule is CC(C)OC(=O)CNCCC(=O)N1CCCC1. The van der Waals surface area contributed by atoms with Gasteiger partial charge in [0.05, 0.1) is 12.6 Å². The second kappa shape index (κ2) is 7.27. The van der Waals surface area contributed by atoms with Crippen LogP contribution in [0.15, 0.2) is 0 Å². The number of carbonyl (C=O) groups excluding carboxylic acids is 2. The monoisotopic (exact) mass is 242 g/mol. The fraction of sp³-hybridized carbons (Fsp3) is 0.833. The number of likely N-dealkylation sites (tertiary alicyclic amines) is 1. The average Bonchev–Trinajstić information content (AvgIpc) is 2.76. The van der Waals surface area contributed by atoms with Crippen LogP contribution in [0.4, 0.5) is 0 Å². The molecule has 0 unspecified atom stereocenters. The molecule has 0 bridgehead atoms. The van der Waals surface area contributed by atoms with Gasteiger partial charge in [-0.3, -0.25) is 9.59 Å². The minimum absolute atomic E-state index is 0.0875. The normalized spacial score (nSPS) is 15.4. The van der Waals surface area contributed by atoms with Crippen LogP contribution in [-0.4, -0.2) is 49.1 Å². The standard InChI is InChI=1S/C12H22N2O3/c1-10(2)17-12(16)9-13-6-5-11(15)14-7-3-4-8-14/h10,13H,3-9H2,1-2H3. The number of amides is 1. The van der Waals surface area contributed by atoms with Crippen LogP contribution < -0.4 is 5.32 Å². The molecule has 0 aliphatic carbocycles. The number of nitrogens with zero attached hydrogens (tertiary/aromatic N) is 1. The van der Waals surface area contributed by atoms with Crippen molar-refractivity contribution >= 4 is 11.9 Å². The van der Waals surface area contributed by atoms with Crippen molar-refractivity contribution in [3.8, 4) is 0 Å². The molecule has 17 heavy (non-hydrogen) atoms. The highest BCUT2D eigenvalue weighted by molar-refractivity contribution is 5.76. The molecule has 5 nitrogen and oxygen atoms in total. The molecule has 1 rings (SSSR count). The van der Waals surface area contributed by atoms with Crippen LogP contribution in [0.3, 0.4) is 0 Å². The van der Waals surface area contributed by atoms with E-state index in [1.54, 1.807) is 0 Å². The Morgan fingerprint density at radius 3 is 2.53 bits per heavy atom. The van der Waals surface area contributed by atoms with Crippen molar-refractivity contribution in [2.75, 3.05) is 26.2 Å². The summed E-state index contributed by atoms with van der Waals surface area (Å²) in [4.78, 5) is 24.7. The Morgan fingerprint density at radius 2 is 1.94 bits per heavy atom. The predicted molar refractivity (Wildman–Crippen MR) is 64.5 cm³/mol. The molecule has 0 radical (unpaired) electrons. The van der Waals surface area contributed by atoms with Gasteiger partial charge in [-0.25, -0.2) is 0 Å². The first-order chi connectivity index (χ1) is 8.09. The molecule has 1 fully saturated rings. The summed E-state index contributed by atoms with van der Waals surface area (Å²) in [5.41, 5.74) is 0. The quantitative estimate of drug-likeness (QED) is 0.545. The zero-order chi connectivity index (χ0) is 12.7. The molecule has 1 aliphatic heterocycles. The van der Waals surface area contributed by atoms with E-state index in [1.165, 1.54) is 0 Å². The van der Waals surface area contributed by atoms with Crippen molar-refractivity contribution in [2.24, 2.45) is 0 Å². The van der Waals surface area contributed by atoms with Gasteiger partial charge in [0.25, 0.3) is 0 Å². The highest BCUT2D eigenvalue weighted by atomic mass is 16.5. The largest absolute Gasteiger partial charge is 0.462 e. The summed E-state index contributed by atoms with van der Waals surface area (Å²) in [5.74, 6) is -0.0964. The van der Waals surface area contributed by atoms with Gasteiger partial charge in [0.1, 0.15) is 0 Å². The van der Waals surface area contributed by atoms with Crippen LogP contribution in [0, 0.1) is 0 Å². The number of hydrogen-bond acceptors (Lipinski definition) is 4. The number of hydrogen-bond donors (Lipinski definition) is 1. The summed E-state index contributed by atoms with van der Waals surface area (Å²) in [6.45, 7) is 6.10. The number of ether oxygens (including phenoxy) is 1. The zero-order valence-corrected chi connectivity index (χ0v) is 10.7. The van der Waals surface area contributed by atoms with E-state index in [2.05, 4.69) is 5.32 Å². The van der Waals surface area contributed by atoms with Crippen molar-refractivity contribution < 1.29 is 14.3 Å². The Hall–Kier alpha value is -1.10. The smallest absolute Gasteiger partial charge is 0.320 e. The van der Waals surface area contributed by atoms with E-state index < -0.39 is 0 Å². The Labute approximate surface area is 102 Å². The van der Waals surface area contributed by atoms with Crippen molar-refractivity contribution in [2.45, 2.75) is 39.2 Å². The van der Waals surface area contributed by atoms with Crippen LogP contribution in [0.25, 0.3) is 0 Å². The summed E-state index contributed by atoms with van der Waals surface area (Å²) in [5, 5.41) is 2.92. The number of carbonyl (C=O) groups is 2. The fourth-order valence-electron chi connectivity index (χ4n) is 1.81. The molecule has 0 aromatic heterocycles. The van der Waals surface area contributed by atoms with E-state index in [1.807, 2.05) is 18.7 Å². The topological polar surface area (TPSA) is 58.6 Å². The third-order valence-electron chi connectivity index (χ3n) is 2.61. The van der Waals surface area contributed by atoms with Crippen molar-refractivity contribution in [1.82, 2.24) is 10.2 Å². The first-order valence-electron chi connectivity index (χ1n) is 6.27. The molecule has 98 valence electrons. The molecule has 0 aromatic rings. The Morgan fingerprint density at radius 1 is 1.29 bits per heavy atom. The average molecular weight is 242 g/mol. The van der Waals surface area contributed by atoms with E-state index >= 15 is 0 Å².